The molecule has 22 heteroatoms. The molecule has 0 saturated carbocycles. The maximum atomic E-state index is 13.0. The van der Waals surface area contributed by atoms with Gasteiger partial charge >= 0.3 is 48.6 Å². The number of benzene rings is 2. The number of halogens is 12. The number of aliphatic carboxylic acids is 1. The van der Waals surface area contributed by atoms with Gasteiger partial charge in [0.1, 0.15) is 24.7 Å². The monoisotopic (exact) mass is 984 g/mol. The number of carboxylic acids is 1. The summed E-state index contributed by atoms with van der Waals surface area (Å²) < 4.78 is 182. The van der Waals surface area contributed by atoms with E-state index in [1.54, 1.807) is 0 Å². The van der Waals surface area contributed by atoms with Crippen LogP contribution < -0.4 is 9.47 Å². The van der Waals surface area contributed by atoms with Gasteiger partial charge in [-0.1, -0.05) is 77.0 Å². The van der Waals surface area contributed by atoms with Crippen LogP contribution in [0.15, 0.2) is 36.4 Å². The van der Waals surface area contributed by atoms with Gasteiger partial charge in [-0.3, -0.25) is 19.2 Å². The van der Waals surface area contributed by atoms with Crippen molar-refractivity contribution in [2.24, 2.45) is 0 Å². The van der Waals surface area contributed by atoms with Crippen LogP contribution in [0.4, 0.5) is 52.7 Å². The van der Waals surface area contributed by atoms with E-state index in [0.29, 0.717) is 75.6 Å². The van der Waals surface area contributed by atoms with Gasteiger partial charge in [-0.25, -0.2) is 0 Å². The van der Waals surface area contributed by atoms with Crippen LogP contribution in [0.3, 0.4) is 0 Å². The number of carboxylic acid groups (broad SMARTS) is 1. The Morgan fingerprint density at radius 2 is 0.701 bits per heavy atom. The van der Waals surface area contributed by atoms with Crippen molar-refractivity contribution < 1.29 is 101 Å². The molecule has 0 amide bonds. The second-order valence-corrected chi connectivity index (χ2v) is 15.7. The van der Waals surface area contributed by atoms with Crippen molar-refractivity contribution in [3.8, 4) is 11.5 Å². The van der Waals surface area contributed by atoms with Crippen LogP contribution in [0, 0.1) is 0 Å². The number of ether oxygens (including phenoxy) is 5. The fraction of sp³-hybridized carbons (Fsp3) is 0.644. The molecule has 10 nitrogen and oxygen atoms in total. The van der Waals surface area contributed by atoms with Crippen LogP contribution in [-0.4, -0.2) is 61.5 Å². The predicted octanol–water partition coefficient (Wildman–Crippen LogP) is 13.1. The molecule has 2 aromatic rings. The number of carbonyl (C=O) groups excluding carboxylic acids is 3. The molecule has 1 atom stereocenters. The average molecular weight is 985 g/mol. The normalized spacial score (nSPS) is 12.7. The minimum Gasteiger partial charge on any atom is -0.494 e. The Morgan fingerprint density at radius 1 is 0.403 bits per heavy atom. The molecule has 2 rings (SSSR count). The summed E-state index contributed by atoms with van der Waals surface area (Å²) in [5.41, 5.74) is -5.82. The third kappa shape index (κ3) is 26.3. The maximum absolute atomic E-state index is 13.0. The average Bonchev–Trinajstić information content (AvgIpc) is 3.23. The number of alkyl halides is 12. The first-order valence-corrected chi connectivity index (χ1v) is 21.9. The Balaban J connectivity index is 1.61. The van der Waals surface area contributed by atoms with E-state index < -0.39 is 114 Å². The molecule has 67 heavy (non-hydrogen) atoms. The molecule has 0 spiro atoms. The lowest BCUT2D eigenvalue weighted by Gasteiger charge is -2.18. The van der Waals surface area contributed by atoms with Crippen molar-refractivity contribution in [1.82, 2.24) is 0 Å². The van der Waals surface area contributed by atoms with E-state index in [9.17, 15) is 71.9 Å². The molecule has 0 bridgehead atoms. The molecule has 0 aromatic heterocycles. The zero-order chi connectivity index (χ0) is 50.1. The van der Waals surface area contributed by atoms with Gasteiger partial charge < -0.3 is 28.8 Å². The molecular weight excluding hydrogens is 928 g/mol. The van der Waals surface area contributed by atoms with Gasteiger partial charge in [0.2, 0.25) is 0 Å². The molecule has 2 aromatic carbocycles. The Morgan fingerprint density at radius 3 is 1.03 bits per heavy atom. The van der Waals surface area contributed by atoms with E-state index in [0.717, 1.165) is 51.4 Å². The van der Waals surface area contributed by atoms with E-state index in [1.807, 2.05) is 0 Å². The first-order chi connectivity index (χ1) is 31.3. The summed E-state index contributed by atoms with van der Waals surface area (Å²) >= 11 is 0. The summed E-state index contributed by atoms with van der Waals surface area (Å²) in [6, 6.07) is 2.17. The zero-order valence-corrected chi connectivity index (χ0v) is 36.7. The van der Waals surface area contributed by atoms with Gasteiger partial charge in [-0.2, -0.15) is 52.7 Å². The quantitative estimate of drug-likeness (QED) is 0.0327. The van der Waals surface area contributed by atoms with E-state index in [1.165, 1.54) is 0 Å². The number of carbonyl (C=O) groups is 4. The highest BCUT2D eigenvalue weighted by Gasteiger charge is 2.38. The second-order valence-electron chi connectivity index (χ2n) is 15.7. The van der Waals surface area contributed by atoms with Gasteiger partial charge in [0.25, 0.3) is 0 Å². The third-order valence-corrected chi connectivity index (χ3v) is 9.91. The van der Waals surface area contributed by atoms with E-state index in [2.05, 4.69) is 0 Å². The minimum atomic E-state index is -4.97. The van der Waals surface area contributed by atoms with Crippen molar-refractivity contribution >= 4 is 23.9 Å². The number of rotatable bonds is 32. The fourth-order valence-corrected chi connectivity index (χ4v) is 6.35. The van der Waals surface area contributed by atoms with Crippen LogP contribution in [0.25, 0.3) is 0 Å². The summed E-state index contributed by atoms with van der Waals surface area (Å²) in [5, 5.41) is 8.79. The summed E-state index contributed by atoms with van der Waals surface area (Å²) in [5.74, 6) is -4.36. The Labute approximate surface area is 380 Å². The molecule has 0 saturated heterocycles. The molecule has 380 valence electrons. The lowest BCUT2D eigenvalue weighted by Crippen LogP contribution is -2.31. The zero-order valence-electron chi connectivity index (χ0n) is 36.7. The highest BCUT2D eigenvalue weighted by molar-refractivity contribution is 5.76. The Bertz CT molecular complexity index is 1750. The lowest BCUT2D eigenvalue weighted by atomic mass is 10.1. The number of hydrogen-bond donors (Lipinski definition) is 1. The predicted molar refractivity (Wildman–Crippen MR) is 216 cm³/mol. The highest BCUT2D eigenvalue weighted by Crippen LogP contribution is 2.39. The summed E-state index contributed by atoms with van der Waals surface area (Å²) in [6.07, 6.45) is -11.4. The van der Waals surface area contributed by atoms with Crippen molar-refractivity contribution in [2.45, 2.75) is 159 Å². The van der Waals surface area contributed by atoms with E-state index in [4.69, 9.17) is 28.8 Å². The number of unbranched alkanes of at least 4 members (excludes halogenated alkanes) is 14. The highest BCUT2D eigenvalue weighted by atomic mass is 19.4. The molecule has 1 unspecified atom stereocenters. The fourth-order valence-electron chi connectivity index (χ4n) is 6.35. The molecular formula is C45H56F12O10. The molecule has 1 N–H and O–H groups in total. The van der Waals surface area contributed by atoms with E-state index >= 15 is 0 Å². The van der Waals surface area contributed by atoms with E-state index in [-0.39, 0.29) is 38.2 Å². The van der Waals surface area contributed by atoms with Crippen LogP contribution in [0.2, 0.25) is 0 Å². The summed E-state index contributed by atoms with van der Waals surface area (Å²) in [4.78, 5) is 47.7. The largest absolute Gasteiger partial charge is 0.494 e. The van der Waals surface area contributed by atoms with Crippen LogP contribution in [0.5, 0.6) is 11.5 Å². The second kappa shape index (κ2) is 29.1. The number of hydrogen-bond acceptors (Lipinski definition) is 9. The lowest BCUT2D eigenvalue weighted by molar-refractivity contribution is -0.167. The van der Waals surface area contributed by atoms with Gasteiger partial charge in [-0.05, 0) is 62.1 Å². The molecule has 0 heterocycles. The topological polar surface area (TPSA) is 135 Å². The summed E-state index contributed by atoms with van der Waals surface area (Å²) in [7, 11) is 0. The van der Waals surface area contributed by atoms with Gasteiger partial charge in [-0.15, -0.1) is 0 Å². The van der Waals surface area contributed by atoms with Crippen molar-refractivity contribution in [3.05, 3.63) is 58.7 Å². The SMILES string of the molecule is O=C(O)CCC(=O)OCC(COC(=O)CCCCCCCCCCOc1cc(C(F)(F)F)cc(C(F)(F)F)c1)OC(=O)CCCCCCCCCCOc1cc(C(F)(F)F)cc(C(F)(F)F)c1. The molecule has 0 aliphatic heterocycles. The molecule has 0 fully saturated rings. The van der Waals surface area contributed by atoms with Gasteiger partial charge in [0.05, 0.1) is 48.3 Å². The standard InChI is InChI=1S/C45H56F12O10/c46-42(47,48)31-23-32(43(49,50)51)26-35(25-31)63-21-15-11-7-3-1-5-9-13-17-39(60)65-29-37(30-66-40(61)20-19-38(58)59)67-41(62)18-14-10-6-2-4-8-12-16-22-64-36-27-33(44(52,53)54)24-34(28-36)45(55,56)57/h23-28,37H,1-22,29-30H2,(H,58,59). The minimum absolute atomic E-state index is 0.0000542. The maximum Gasteiger partial charge on any atom is 0.416 e. The van der Waals surface area contributed by atoms with Crippen molar-refractivity contribution in [1.29, 1.82) is 0 Å². The molecule has 0 aliphatic carbocycles. The molecule has 0 aliphatic rings. The van der Waals surface area contributed by atoms with Crippen LogP contribution in [-0.2, 0) is 58.1 Å². The summed E-state index contributed by atoms with van der Waals surface area (Å²) in [6.45, 7) is -1.03. The third-order valence-electron chi connectivity index (χ3n) is 9.91. The first kappa shape index (κ1) is 58.2. The first-order valence-electron chi connectivity index (χ1n) is 21.9. The smallest absolute Gasteiger partial charge is 0.416 e. The molecule has 0 radical (unpaired) electrons. The van der Waals surface area contributed by atoms with Crippen molar-refractivity contribution in [3.63, 3.8) is 0 Å². The Hall–Kier alpha value is -4.92. The Kier molecular flexibility index (Phi) is 25.3. The van der Waals surface area contributed by atoms with Gasteiger partial charge in [0, 0.05) is 12.8 Å². The van der Waals surface area contributed by atoms with Crippen LogP contribution in [0.1, 0.15) is 151 Å². The number of esters is 3. The van der Waals surface area contributed by atoms with Crippen LogP contribution >= 0.6 is 0 Å². The van der Waals surface area contributed by atoms with Gasteiger partial charge in [0.15, 0.2) is 6.10 Å². The van der Waals surface area contributed by atoms with Crippen molar-refractivity contribution in [2.75, 3.05) is 26.4 Å².